The molecule has 0 aliphatic heterocycles. The van der Waals surface area contributed by atoms with Crippen molar-refractivity contribution >= 4 is 32.9 Å². The quantitative estimate of drug-likeness (QED) is 0.268. The molecule has 2 nitrogen and oxygen atoms in total. The number of fused-ring (bicyclic) bond motifs is 2. The topological polar surface area (TPSA) is 21.3 Å². The lowest BCUT2D eigenvalue weighted by molar-refractivity contribution is 0.477. The van der Waals surface area contributed by atoms with Crippen LogP contribution >= 0.6 is 0 Å². The van der Waals surface area contributed by atoms with Gasteiger partial charge in [0.05, 0.1) is 11.4 Å². The summed E-state index contributed by atoms with van der Waals surface area (Å²) in [6.45, 7) is 14.3. The van der Waals surface area contributed by atoms with Gasteiger partial charge in [-0.3, -0.25) is 0 Å². The summed E-state index contributed by atoms with van der Waals surface area (Å²) in [4.78, 5) is 0. The Morgan fingerprint density at radius 2 is 1.06 bits per heavy atom. The van der Waals surface area contributed by atoms with Gasteiger partial charge in [-0.15, -0.1) is 0 Å². The van der Waals surface area contributed by atoms with E-state index < -0.39 is 0 Å². The van der Waals surface area contributed by atoms with Crippen LogP contribution in [0.25, 0.3) is 21.5 Å². The summed E-state index contributed by atoms with van der Waals surface area (Å²) in [6.07, 6.45) is 0. The van der Waals surface area contributed by atoms with E-state index in [2.05, 4.69) is 98.9 Å². The minimum atomic E-state index is 0.814. The molecule has 5 aromatic rings. The van der Waals surface area contributed by atoms with Crippen molar-refractivity contribution in [1.82, 2.24) is 0 Å². The van der Waals surface area contributed by atoms with Gasteiger partial charge in [-0.1, -0.05) is 106 Å². The van der Waals surface area contributed by atoms with Gasteiger partial charge in [0.25, 0.3) is 0 Å². The Bertz CT molecular complexity index is 1340. The van der Waals surface area contributed by atoms with Crippen LogP contribution < -0.4 is 10.1 Å². The highest BCUT2D eigenvalue weighted by Crippen LogP contribution is 2.39. The van der Waals surface area contributed by atoms with E-state index >= 15 is 0 Å². The Labute approximate surface area is 210 Å². The van der Waals surface area contributed by atoms with Gasteiger partial charge in [-0.25, -0.2) is 0 Å². The van der Waals surface area contributed by atoms with E-state index in [-0.39, 0.29) is 0 Å². The van der Waals surface area contributed by atoms with Crippen LogP contribution in [0.5, 0.6) is 11.5 Å². The van der Waals surface area contributed by atoms with Gasteiger partial charge in [0.15, 0.2) is 5.75 Å². The van der Waals surface area contributed by atoms with Gasteiger partial charge >= 0.3 is 0 Å². The van der Waals surface area contributed by atoms with Crippen LogP contribution in [0.3, 0.4) is 0 Å². The zero-order chi connectivity index (χ0) is 25.4. The van der Waals surface area contributed by atoms with E-state index in [1.54, 1.807) is 0 Å². The van der Waals surface area contributed by atoms with Gasteiger partial charge in [0.2, 0.25) is 0 Å². The number of anilines is 2. The fraction of sp³-hybridized carbons (Fsp3) is 0.212. The average molecular weight is 464 g/mol. The lowest BCUT2D eigenvalue weighted by Crippen LogP contribution is -1.98. The lowest BCUT2D eigenvalue weighted by Gasteiger charge is -2.18. The maximum atomic E-state index is 6.46. The van der Waals surface area contributed by atoms with Gasteiger partial charge in [-0.2, -0.15) is 0 Å². The van der Waals surface area contributed by atoms with E-state index in [9.17, 15) is 0 Å². The second kappa shape index (κ2) is 12.1. The van der Waals surface area contributed by atoms with E-state index in [0.717, 1.165) is 34.0 Å². The van der Waals surface area contributed by atoms with Crippen LogP contribution in [0, 0.1) is 20.8 Å². The Morgan fingerprint density at radius 3 is 1.63 bits per heavy atom. The summed E-state index contributed by atoms with van der Waals surface area (Å²) < 4.78 is 6.46. The third-order valence-electron chi connectivity index (χ3n) is 5.73. The van der Waals surface area contributed by atoms with Crippen molar-refractivity contribution in [1.29, 1.82) is 0 Å². The third-order valence-corrected chi connectivity index (χ3v) is 5.73. The molecule has 0 saturated heterocycles. The second-order valence-corrected chi connectivity index (χ2v) is 8.14. The molecule has 0 aliphatic rings. The molecule has 180 valence electrons. The Balaban J connectivity index is 0.000000815. The second-order valence-electron chi connectivity index (χ2n) is 8.14. The predicted octanol–water partition coefficient (Wildman–Crippen LogP) is 10.5. The number of hydrogen-bond donors (Lipinski definition) is 1. The summed E-state index contributed by atoms with van der Waals surface area (Å²) in [6, 6.07) is 31.7. The summed E-state index contributed by atoms with van der Waals surface area (Å²) in [5.74, 6) is 1.73. The third kappa shape index (κ3) is 5.66. The molecule has 0 atom stereocenters. The summed E-state index contributed by atoms with van der Waals surface area (Å²) >= 11 is 0. The highest BCUT2D eigenvalue weighted by atomic mass is 16.5. The van der Waals surface area contributed by atoms with E-state index in [1.807, 2.05) is 45.9 Å². The number of nitrogens with one attached hydrogen (secondary N) is 1. The van der Waals surface area contributed by atoms with Crippen LogP contribution in [0.1, 0.15) is 44.4 Å². The number of hydrogen-bond acceptors (Lipinski definition) is 2. The van der Waals surface area contributed by atoms with Crippen molar-refractivity contribution in [2.24, 2.45) is 0 Å². The number of para-hydroxylation sites is 2. The van der Waals surface area contributed by atoms with Gasteiger partial charge in [0, 0.05) is 10.8 Å². The Hall–Kier alpha value is -3.78. The molecule has 0 unspecified atom stereocenters. The van der Waals surface area contributed by atoms with Gasteiger partial charge in [0.1, 0.15) is 5.75 Å². The fourth-order valence-corrected chi connectivity index (χ4v) is 4.38. The molecule has 0 spiro atoms. The van der Waals surface area contributed by atoms with Crippen molar-refractivity contribution in [3.8, 4) is 11.5 Å². The van der Waals surface area contributed by atoms with E-state index in [1.165, 1.54) is 27.1 Å². The molecule has 0 heterocycles. The molecule has 35 heavy (non-hydrogen) atoms. The molecule has 0 amide bonds. The number of aryl methyl sites for hydroxylation is 3. The van der Waals surface area contributed by atoms with Crippen molar-refractivity contribution in [2.75, 3.05) is 5.32 Å². The highest BCUT2D eigenvalue weighted by molar-refractivity contribution is 6.12. The standard InChI is InChI=1S/C29H25NO.2C2H6/c1-19-16-20(2)29(21(3)17-19)31-27-15-9-8-14-26(27)30-28-24-12-6-4-10-22(24)18-23-11-5-7-13-25(23)28;2*1-2/h4-18,30H,1-3H3;2*1-2H3. The predicted molar refractivity (Wildman–Crippen MR) is 155 cm³/mol. The smallest absolute Gasteiger partial charge is 0.150 e. The maximum absolute atomic E-state index is 6.46. The largest absolute Gasteiger partial charge is 0.455 e. The summed E-state index contributed by atoms with van der Waals surface area (Å²) in [5, 5.41) is 8.52. The maximum Gasteiger partial charge on any atom is 0.150 e. The SMILES string of the molecule is CC.CC.Cc1cc(C)c(Oc2ccccc2Nc2c3ccccc3cc3ccccc23)c(C)c1. The number of benzene rings is 5. The number of rotatable bonds is 4. The van der Waals surface area contributed by atoms with Crippen LogP contribution in [0.15, 0.2) is 91.0 Å². The normalized spacial score (nSPS) is 10.1. The van der Waals surface area contributed by atoms with Crippen LogP contribution in [0.4, 0.5) is 11.4 Å². The molecule has 0 fully saturated rings. The first-order valence-corrected chi connectivity index (χ1v) is 12.6. The molecule has 5 rings (SSSR count). The molecule has 0 radical (unpaired) electrons. The molecule has 0 aliphatic carbocycles. The molecule has 0 aromatic heterocycles. The average Bonchev–Trinajstić information content (AvgIpc) is 2.89. The van der Waals surface area contributed by atoms with Crippen LogP contribution in [-0.4, -0.2) is 0 Å². The highest BCUT2D eigenvalue weighted by Gasteiger charge is 2.13. The van der Waals surface area contributed by atoms with Crippen molar-refractivity contribution < 1.29 is 4.74 Å². The van der Waals surface area contributed by atoms with Crippen molar-refractivity contribution in [3.05, 3.63) is 108 Å². The van der Waals surface area contributed by atoms with Gasteiger partial charge < -0.3 is 10.1 Å². The Kier molecular flexibility index (Phi) is 8.92. The summed E-state index contributed by atoms with van der Waals surface area (Å²) in [7, 11) is 0. The molecular formula is C33H37NO. The number of ether oxygens (including phenoxy) is 1. The van der Waals surface area contributed by atoms with Crippen LogP contribution in [0.2, 0.25) is 0 Å². The Morgan fingerprint density at radius 1 is 0.571 bits per heavy atom. The zero-order valence-electron chi connectivity index (χ0n) is 22.1. The van der Waals surface area contributed by atoms with Crippen LogP contribution in [-0.2, 0) is 0 Å². The zero-order valence-corrected chi connectivity index (χ0v) is 22.1. The molecule has 0 bridgehead atoms. The minimum Gasteiger partial charge on any atom is -0.455 e. The fourth-order valence-electron chi connectivity index (χ4n) is 4.38. The minimum absolute atomic E-state index is 0.814. The monoisotopic (exact) mass is 463 g/mol. The summed E-state index contributed by atoms with van der Waals surface area (Å²) in [5.41, 5.74) is 5.58. The first-order chi connectivity index (χ1) is 17.1. The first-order valence-electron chi connectivity index (χ1n) is 12.6. The molecule has 2 heteroatoms. The lowest BCUT2D eigenvalue weighted by atomic mass is 10.0. The molecular weight excluding hydrogens is 426 g/mol. The molecule has 0 saturated carbocycles. The van der Waals surface area contributed by atoms with Crippen molar-refractivity contribution in [2.45, 2.75) is 48.5 Å². The van der Waals surface area contributed by atoms with E-state index in [0.29, 0.717) is 0 Å². The first kappa shape index (κ1) is 25.8. The molecule has 1 N–H and O–H groups in total. The van der Waals surface area contributed by atoms with Gasteiger partial charge in [-0.05, 0) is 60.9 Å². The van der Waals surface area contributed by atoms with E-state index in [4.69, 9.17) is 4.74 Å². The molecule has 5 aromatic carbocycles. The van der Waals surface area contributed by atoms with Crippen molar-refractivity contribution in [3.63, 3.8) is 0 Å².